The van der Waals surface area contributed by atoms with Crippen LogP contribution in [0.5, 0.6) is 5.75 Å². The first-order valence-corrected chi connectivity index (χ1v) is 9.28. The monoisotopic (exact) mass is 407 g/mol. The van der Waals surface area contributed by atoms with Crippen LogP contribution in [0.15, 0.2) is 36.5 Å². The average Bonchev–Trinajstić information content (AvgIpc) is 2.69. The summed E-state index contributed by atoms with van der Waals surface area (Å²) in [5.74, 6) is 0.530. The van der Waals surface area contributed by atoms with E-state index in [9.17, 15) is 9.59 Å². The van der Waals surface area contributed by atoms with Crippen LogP contribution in [0.2, 0.25) is 10.0 Å². The second-order valence-electron chi connectivity index (χ2n) is 6.26. The summed E-state index contributed by atoms with van der Waals surface area (Å²) in [4.78, 5) is 31.0. The number of ether oxygens (including phenoxy) is 1. The van der Waals surface area contributed by atoms with Gasteiger partial charge in [0.05, 0.1) is 17.7 Å². The fourth-order valence-electron chi connectivity index (χ4n) is 3.04. The van der Waals surface area contributed by atoms with Crippen molar-refractivity contribution in [3.8, 4) is 5.75 Å². The van der Waals surface area contributed by atoms with Crippen LogP contribution in [0.1, 0.15) is 23.2 Å². The van der Waals surface area contributed by atoms with Crippen molar-refractivity contribution in [2.24, 2.45) is 5.92 Å². The van der Waals surface area contributed by atoms with Gasteiger partial charge in [0.1, 0.15) is 11.6 Å². The third kappa shape index (κ3) is 4.70. The van der Waals surface area contributed by atoms with Crippen molar-refractivity contribution in [1.82, 2.24) is 9.88 Å². The summed E-state index contributed by atoms with van der Waals surface area (Å²) >= 11 is 11.8. The predicted octanol–water partition coefficient (Wildman–Crippen LogP) is 3.89. The molecule has 142 valence electrons. The molecule has 1 saturated heterocycles. The molecule has 6 nitrogen and oxygen atoms in total. The number of aromatic nitrogens is 1. The molecule has 1 aliphatic heterocycles. The number of piperidine rings is 1. The van der Waals surface area contributed by atoms with Gasteiger partial charge in [-0.15, -0.1) is 0 Å². The molecule has 1 aliphatic rings. The first kappa shape index (κ1) is 19.5. The lowest BCUT2D eigenvalue weighted by Gasteiger charge is -2.31. The molecular weight excluding hydrogens is 389 g/mol. The van der Waals surface area contributed by atoms with E-state index in [1.807, 2.05) is 0 Å². The van der Waals surface area contributed by atoms with Crippen molar-refractivity contribution < 1.29 is 14.3 Å². The SMILES string of the molecule is COc1ccc(Cl)cc1C(=O)N1CCC(C(=O)Nc2ccc(Cl)cn2)CC1. The zero-order valence-electron chi connectivity index (χ0n) is 14.7. The molecule has 8 heteroatoms. The number of methoxy groups -OCH3 is 1. The lowest BCUT2D eigenvalue weighted by Crippen LogP contribution is -2.41. The molecule has 1 fully saturated rings. The number of hydrogen-bond donors (Lipinski definition) is 1. The van der Waals surface area contributed by atoms with Crippen molar-refractivity contribution in [3.63, 3.8) is 0 Å². The maximum Gasteiger partial charge on any atom is 0.257 e. The van der Waals surface area contributed by atoms with Crippen molar-refractivity contribution in [3.05, 3.63) is 52.1 Å². The number of amides is 2. The molecule has 0 saturated carbocycles. The van der Waals surface area contributed by atoms with E-state index in [4.69, 9.17) is 27.9 Å². The highest BCUT2D eigenvalue weighted by Crippen LogP contribution is 2.27. The van der Waals surface area contributed by atoms with Gasteiger partial charge in [0.2, 0.25) is 5.91 Å². The standard InChI is InChI=1S/C19H19Cl2N3O3/c1-27-16-4-2-13(20)10-15(16)19(26)24-8-6-12(7-9-24)18(25)23-17-5-3-14(21)11-22-17/h2-5,10-12H,6-9H2,1H3,(H,22,23,25). The highest BCUT2D eigenvalue weighted by atomic mass is 35.5. The topological polar surface area (TPSA) is 71.5 Å². The minimum absolute atomic E-state index is 0.0998. The first-order chi connectivity index (χ1) is 13.0. The van der Waals surface area contributed by atoms with Crippen LogP contribution in [-0.2, 0) is 4.79 Å². The van der Waals surface area contributed by atoms with Gasteiger partial charge in [-0.05, 0) is 43.2 Å². The van der Waals surface area contributed by atoms with E-state index >= 15 is 0 Å². The third-order valence-electron chi connectivity index (χ3n) is 4.52. The van der Waals surface area contributed by atoms with Gasteiger partial charge in [0, 0.05) is 30.2 Å². The Labute approximate surface area is 167 Å². The molecule has 0 radical (unpaired) electrons. The van der Waals surface area contributed by atoms with Crippen molar-refractivity contribution in [1.29, 1.82) is 0 Å². The fraction of sp³-hybridized carbons (Fsp3) is 0.316. The van der Waals surface area contributed by atoms with Gasteiger partial charge in [0.25, 0.3) is 5.91 Å². The number of pyridine rings is 1. The van der Waals surface area contributed by atoms with E-state index in [-0.39, 0.29) is 17.7 Å². The van der Waals surface area contributed by atoms with Crippen LogP contribution in [0.4, 0.5) is 5.82 Å². The summed E-state index contributed by atoms with van der Waals surface area (Å²) in [6.07, 6.45) is 2.64. The number of halogens is 2. The summed E-state index contributed by atoms with van der Waals surface area (Å²) in [6.45, 7) is 0.973. The number of likely N-dealkylation sites (tertiary alicyclic amines) is 1. The van der Waals surface area contributed by atoms with Crippen LogP contribution in [-0.4, -0.2) is 41.9 Å². The van der Waals surface area contributed by atoms with E-state index in [0.717, 1.165) is 0 Å². The van der Waals surface area contributed by atoms with Gasteiger partial charge in [-0.2, -0.15) is 0 Å². The van der Waals surface area contributed by atoms with E-state index in [2.05, 4.69) is 10.3 Å². The van der Waals surface area contributed by atoms with Crippen molar-refractivity contribution >= 4 is 40.8 Å². The Morgan fingerprint density at radius 2 is 1.85 bits per heavy atom. The average molecular weight is 408 g/mol. The van der Waals surface area contributed by atoms with E-state index in [1.54, 1.807) is 35.2 Å². The quantitative estimate of drug-likeness (QED) is 0.834. The number of anilines is 1. The molecule has 2 heterocycles. The van der Waals surface area contributed by atoms with Gasteiger partial charge in [-0.25, -0.2) is 4.98 Å². The first-order valence-electron chi connectivity index (χ1n) is 8.53. The van der Waals surface area contributed by atoms with Crippen LogP contribution in [0.3, 0.4) is 0 Å². The second kappa shape index (κ2) is 8.59. The highest BCUT2D eigenvalue weighted by Gasteiger charge is 2.29. The maximum absolute atomic E-state index is 12.8. The molecule has 0 atom stereocenters. The van der Waals surface area contributed by atoms with Crippen molar-refractivity contribution in [2.45, 2.75) is 12.8 Å². The molecule has 0 aliphatic carbocycles. The summed E-state index contributed by atoms with van der Waals surface area (Å²) in [5, 5.41) is 3.78. The van der Waals surface area contributed by atoms with Gasteiger partial charge in [-0.1, -0.05) is 23.2 Å². The summed E-state index contributed by atoms with van der Waals surface area (Å²) in [7, 11) is 1.52. The molecule has 0 bridgehead atoms. The minimum Gasteiger partial charge on any atom is -0.496 e. The molecule has 0 spiro atoms. The fourth-order valence-corrected chi connectivity index (χ4v) is 3.32. The van der Waals surface area contributed by atoms with Crippen LogP contribution in [0.25, 0.3) is 0 Å². The van der Waals surface area contributed by atoms with Crippen LogP contribution in [0, 0.1) is 5.92 Å². The molecule has 2 amide bonds. The molecule has 0 unspecified atom stereocenters. The normalized spacial score (nSPS) is 14.7. The number of nitrogens with one attached hydrogen (secondary N) is 1. The zero-order valence-corrected chi connectivity index (χ0v) is 16.3. The summed E-state index contributed by atoms with van der Waals surface area (Å²) in [5.41, 5.74) is 0.429. The van der Waals surface area contributed by atoms with Gasteiger partial charge < -0.3 is 15.0 Å². The highest BCUT2D eigenvalue weighted by molar-refractivity contribution is 6.31. The lowest BCUT2D eigenvalue weighted by molar-refractivity contribution is -0.121. The van der Waals surface area contributed by atoms with Crippen molar-refractivity contribution in [2.75, 3.05) is 25.5 Å². The molecule has 2 aromatic rings. The smallest absolute Gasteiger partial charge is 0.257 e. The van der Waals surface area contributed by atoms with E-state index in [0.29, 0.717) is 53.1 Å². The Morgan fingerprint density at radius 3 is 2.48 bits per heavy atom. The number of benzene rings is 1. The van der Waals surface area contributed by atoms with Gasteiger partial charge >= 0.3 is 0 Å². The molecule has 1 aromatic carbocycles. The molecule has 27 heavy (non-hydrogen) atoms. The Kier molecular flexibility index (Phi) is 6.19. The van der Waals surface area contributed by atoms with Crippen LogP contribution < -0.4 is 10.1 Å². The molecule has 3 rings (SSSR count). The maximum atomic E-state index is 12.8. The Hall–Kier alpha value is -2.31. The van der Waals surface area contributed by atoms with Gasteiger partial charge in [-0.3, -0.25) is 9.59 Å². The Bertz CT molecular complexity index is 835. The van der Waals surface area contributed by atoms with E-state index in [1.165, 1.54) is 13.3 Å². The minimum atomic E-state index is -0.173. The van der Waals surface area contributed by atoms with Crippen LogP contribution >= 0.6 is 23.2 Å². The third-order valence-corrected chi connectivity index (χ3v) is 4.98. The van der Waals surface area contributed by atoms with Gasteiger partial charge in [0.15, 0.2) is 0 Å². The molecule has 1 aromatic heterocycles. The second-order valence-corrected chi connectivity index (χ2v) is 7.13. The van der Waals surface area contributed by atoms with E-state index < -0.39 is 0 Å². The number of rotatable bonds is 4. The summed E-state index contributed by atoms with van der Waals surface area (Å²) < 4.78 is 5.26. The number of hydrogen-bond acceptors (Lipinski definition) is 4. The Morgan fingerprint density at radius 1 is 1.15 bits per heavy atom. The number of carbonyl (C=O) groups excluding carboxylic acids is 2. The predicted molar refractivity (Wildman–Crippen MR) is 105 cm³/mol. The molecule has 1 N–H and O–H groups in total. The Balaban J connectivity index is 1.60. The summed E-state index contributed by atoms with van der Waals surface area (Å²) in [6, 6.07) is 8.29. The zero-order chi connectivity index (χ0) is 19.4. The molecular formula is C19H19Cl2N3O3. The lowest BCUT2D eigenvalue weighted by atomic mass is 9.95. The number of nitrogens with zero attached hydrogens (tertiary/aromatic N) is 2. The number of carbonyl (C=O) groups is 2. The largest absolute Gasteiger partial charge is 0.496 e.